The Kier molecular flexibility index (Phi) is 11.1. The molecule has 0 aromatic carbocycles. The smallest absolute Gasteiger partial charge is 0.0347 e. The molecule has 0 saturated heterocycles. The van der Waals surface area contributed by atoms with E-state index < -0.39 is 0 Å². The van der Waals surface area contributed by atoms with Crippen LogP contribution in [0.15, 0.2) is 93.3 Å². The SMILES string of the molecule is CC=C(C)C(=CC)C(=CC)C(=CC)C(=CC)C(=CC)C(=CC)C(N)=CC. The van der Waals surface area contributed by atoms with Crippen LogP contribution in [0.25, 0.3) is 0 Å². The van der Waals surface area contributed by atoms with Crippen molar-refractivity contribution >= 4 is 0 Å². The van der Waals surface area contributed by atoms with E-state index in [0.717, 1.165) is 16.8 Å². The molecule has 0 radical (unpaired) electrons. The predicted octanol–water partition coefficient (Wildman–Crippen LogP) is 7.49. The third-order valence-corrected chi connectivity index (χ3v) is 4.66. The van der Waals surface area contributed by atoms with Gasteiger partial charge in [0.25, 0.3) is 0 Å². The third-order valence-electron chi connectivity index (χ3n) is 4.66. The van der Waals surface area contributed by atoms with Crippen molar-refractivity contribution in [1.82, 2.24) is 0 Å². The standard InChI is InChI=1S/C25H37N/c1-10-18(9)19(11-2)20(12-3)21(13-4)22(14-5)23(15-6)24(16-7)25(26)17-8/h10-17H,26H2,1-9H3. The van der Waals surface area contributed by atoms with Gasteiger partial charge in [0.05, 0.1) is 0 Å². The molecule has 0 fully saturated rings. The molecule has 0 aromatic rings. The first kappa shape index (κ1) is 23.7. The first-order valence-electron chi connectivity index (χ1n) is 9.47. The molecule has 1 heteroatoms. The van der Waals surface area contributed by atoms with Crippen LogP contribution in [0.1, 0.15) is 62.3 Å². The van der Waals surface area contributed by atoms with Gasteiger partial charge in [0, 0.05) is 11.3 Å². The molecule has 0 heterocycles. The molecule has 0 atom stereocenters. The highest BCUT2D eigenvalue weighted by atomic mass is 14.6. The van der Waals surface area contributed by atoms with Gasteiger partial charge in [-0.3, -0.25) is 0 Å². The second kappa shape index (κ2) is 12.1. The molecule has 1 nitrogen and oxygen atoms in total. The van der Waals surface area contributed by atoms with Gasteiger partial charge < -0.3 is 5.73 Å². The highest BCUT2D eigenvalue weighted by Crippen LogP contribution is 2.36. The normalized spacial score (nSPS) is 17.1. The Balaban J connectivity index is 6.54. The van der Waals surface area contributed by atoms with Crippen molar-refractivity contribution in [3.8, 4) is 0 Å². The summed E-state index contributed by atoms with van der Waals surface area (Å²) >= 11 is 0. The molecule has 26 heavy (non-hydrogen) atoms. The van der Waals surface area contributed by atoms with Gasteiger partial charge >= 0.3 is 0 Å². The van der Waals surface area contributed by atoms with Crippen LogP contribution in [0.4, 0.5) is 0 Å². The molecule has 0 aliphatic rings. The van der Waals surface area contributed by atoms with Crippen molar-refractivity contribution in [3.05, 3.63) is 93.3 Å². The average molecular weight is 352 g/mol. The lowest BCUT2D eigenvalue weighted by molar-refractivity contribution is 1.21. The topological polar surface area (TPSA) is 26.0 Å². The maximum absolute atomic E-state index is 6.27. The van der Waals surface area contributed by atoms with E-state index in [2.05, 4.69) is 91.0 Å². The van der Waals surface area contributed by atoms with E-state index in [9.17, 15) is 0 Å². The zero-order valence-corrected chi connectivity index (χ0v) is 18.2. The van der Waals surface area contributed by atoms with Crippen molar-refractivity contribution in [1.29, 1.82) is 0 Å². The van der Waals surface area contributed by atoms with Crippen LogP contribution in [-0.2, 0) is 0 Å². The van der Waals surface area contributed by atoms with Crippen molar-refractivity contribution in [2.45, 2.75) is 62.3 Å². The predicted molar refractivity (Wildman–Crippen MR) is 120 cm³/mol. The third kappa shape index (κ3) is 5.36. The molecule has 0 spiro atoms. The second-order valence-electron chi connectivity index (χ2n) is 5.93. The van der Waals surface area contributed by atoms with Crippen LogP contribution in [0.3, 0.4) is 0 Å². The molecular weight excluding hydrogens is 314 g/mol. The fraction of sp³-hybridized carbons (Fsp3) is 0.360. The molecule has 0 aliphatic heterocycles. The second-order valence-corrected chi connectivity index (χ2v) is 5.93. The Bertz CT molecular complexity index is 662. The average Bonchev–Trinajstić information content (AvgIpc) is 2.68. The van der Waals surface area contributed by atoms with Gasteiger partial charge in [-0.25, -0.2) is 0 Å². The summed E-state index contributed by atoms with van der Waals surface area (Å²) < 4.78 is 0. The Morgan fingerprint density at radius 3 is 1.00 bits per heavy atom. The summed E-state index contributed by atoms with van der Waals surface area (Å²) in [6.45, 7) is 18.7. The van der Waals surface area contributed by atoms with E-state index in [4.69, 9.17) is 5.73 Å². The van der Waals surface area contributed by atoms with Crippen LogP contribution in [0.2, 0.25) is 0 Å². The molecule has 0 aliphatic carbocycles. The van der Waals surface area contributed by atoms with E-state index in [-0.39, 0.29) is 0 Å². The van der Waals surface area contributed by atoms with Gasteiger partial charge in [0.2, 0.25) is 0 Å². The first-order chi connectivity index (χ1) is 12.4. The Hall–Kier alpha value is -2.28. The summed E-state index contributed by atoms with van der Waals surface area (Å²) in [5, 5.41) is 0. The van der Waals surface area contributed by atoms with E-state index in [0.29, 0.717) is 0 Å². The highest BCUT2D eigenvalue weighted by molar-refractivity contribution is 5.69. The van der Waals surface area contributed by atoms with Crippen molar-refractivity contribution in [3.63, 3.8) is 0 Å². The molecule has 0 amide bonds. The Morgan fingerprint density at radius 1 is 0.423 bits per heavy atom. The fourth-order valence-electron chi connectivity index (χ4n) is 3.21. The quantitative estimate of drug-likeness (QED) is 0.472. The molecule has 0 saturated carbocycles. The largest absolute Gasteiger partial charge is 0.399 e. The maximum Gasteiger partial charge on any atom is 0.0347 e. The van der Waals surface area contributed by atoms with Crippen molar-refractivity contribution < 1.29 is 0 Å². The fourth-order valence-corrected chi connectivity index (χ4v) is 3.21. The van der Waals surface area contributed by atoms with E-state index >= 15 is 0 Å². The van der Waals surface area contributed by atoms with E-state index in [1.54, 1.807) is 0 Å². The van der Waals surface area contributed by atoms with Crippen LogP contribution < -0.4 is 5.73 Å². The monoisotopic (exact) mass is 351 g/mol. The lowest BCUT2D eigenvalue weighted by atomic mass is 9.82. The zero-order valence-electron chi connectivity index (χ0n) is 18.2. The van der Waals surface area contributed by atoms with Crippen LogP contribution in [0.5, 0.6) is 0 Å². The van der Waals surface area contributed by atoms with Gasteiger partial charge in [-0.2, -0.15) is 0 Å². The summed E-state index contributed by atoms with van der Waals surface area (Å²) in [7, 11) is 0. The summed E-state index contributed by atoms with van der Waals surface area (Å²) in [4.78, 5) is 0. The maximum atomic E-state index is 6.27. The van der Waals surface area contributed by atoms with E-state index in [1.807, 2.05) is 19.9 Å². The van der Waals surface area contributed by atoms with Gasteiger partial charge in [0.1, 0.15) is 0 Å². The number of allylic oxidation sites excluding steroid dienone is 14. The molecule has 142 valence electrons. The van der Waals surface area contributed by atoms with E-state index in [1.165, 1.54) is 27.9 Å². The van der Waals surface area contributed by atoms with Crippen molar-refractivity contribution in [2.75, 3.05) is 0 Å². The van der Waals surface area contributed by atoms with Crippen LogP contribution >= 0.6 is 0 Å². The minimum atomic E-state index is 0.799. The zero-order chi connectivity index (χ0) is 20.3. The number of rotatable bonds is 7. The highest BCUT2D eigenvalue weighted by Gasteiger charge is 2.19. The Labute approximate surface area is 161 Å². The van der Waals surface area contributed by atoms with Gasteiger partial charge in [-0.1, -0.05) is 48.6 Å². The number of nitrogens with two attached hydrogens (primary N) is 1. The molecule has 0 aromatic heterocycles. The molecule has 2 N–H and O–H groups in total. The minimum absolute atomic E-state index is 0.799. The van der Waals surface area contributed by atoms with Crippen LogP contribution in [0, 0.1) is 0 Å². The van der Waals surface area contributed by atoms with Gasteiger partial charge in [0.15, 0.2) is 0 Å². The first-order valence-corrected chi connectivity index (χ1v) is 9.47. The Morgan fingerprint density at radius 2 is 0.731 bits per heavy atom. The summed E-state index contributed by atoms with van der Waals surface area (Å²) in [6.07, 6.45) is 17.1. The summed E-state index contributed by atoms with van der Waals surface area (Å²) in [5.74, 6) is 0. The molecule has 0 bridgehead atoms. The minimum Gasteiger partial charge on any atom is -0.399 e. The van der Waals surface area contributed by atoms with Gasteiger partial charge in [-0.15, -0.1) is 0 Å². The lowest BCUT2D eigenvalue weighted by Crippen LogP contribution is -2.08. The molecule has 0 rings (SSSR count). The number of hydrogen-bond donors (Lipinski definition) is 1. The van der Waals surface area contributed by atoms with Gasteiger partial charge in [-0.05, 0) is 95.8 Å². The number of hydrogen-bond acceptors (Lipinski definition) is 1. The molecular formula is C25H37N. The summed E-state index contributed by atoms with van der Waals surface area (Å²) in [6, 6.07) is 0. The molecule has 0 unspecified atom stereocenters. The van der Waals surface area contributed by atoms with Crippen LogP contribution in [-0.4, -0.2) is 0 Å². The lowest BCUT2D eigenvalue weighted by Gasteiger charge is -2.22. The summed E-state index contributed by atoms with van der Waals surface area (Å²) in [5.41, 5.74) is 15.5. The van der Waals surface area contributed by atoms with Crippen molar-refractivity contribution in [2.24, 2.45) is 5.73 Å².